The summed E-state index contributed by atoms with van der Waals surface area (Å²) in [4.78, 5) is 11.8. The molecule has 1 unspecified atom stereocenters. The first-order valence-electron chi connectivity index (χ1n) is 6.85. The Labute approximate surface area is 125 Å². The molecule has 20 heavy (non-hydrogen) atoms. The van der Waals surface area contributed by atoms with Gasteiger partial charge in [0.15, 0.2) is 0 Å². The van der Waals surface area contributed by atoms with Crippen LogP contribution in [0.5, 0.6) is 0 Å². The third-order valence-electron chi connectivity index (χ3n) is 2.82. The molecule has 0 fully saturated rings. The predicted molar refractivity (Wildman–Crippen MR) is 84.0 cm³/mol. The van der Waals surface area contributed by atoms with E-state index < -0.39 is 0 Å². The number of halogens is 1. The van der Waals surface area contributed by atoms with Crippen molar-refractivity contribution in [1.82, 2.24) is 0 Å². The zero-order valence-corrected chi connectivity index (χ0v) is 13.0. The first kappa shape index (κ1) is 16.8. The fourth-order valence-electron chi connectivity index (χ4n) is 1.94. The van der Waals surface area contributed by atoms with E-state index in [0.29, 0.717) is 35.3 Å². The van der Waals surface area contributed by atoms with Crippen LogP contribution in [0.3, 0.4) is 0 Å². The van der Waals surface area contributed by atoms with Gasteiger partial charge in [-0.15, -0.1) is 0 Å². The first-order chi connectivity index (χ1) is 9.38. The number of benzene rings is 1. The van der Waals surface area contributed by atoms with Crippen molar-refractivity contribution < 1.29 is 9.53 Å². The van der Waals surface area contributed by atoms with Gasteiger partial charge in [0, 0.05) is 5.02 Å². The average Bonchev–Trinajstić information content (AvgIpc) is 2.31. The maximum Gasteiger partial charge on any atom is 0.226 e. The number of nitrogens with one attached hydrogen (secondary N) is 1. The SMILES string of the molecule is CC(C)CC(C)OCCC(=O)Nc1ccc(Cl)cc1N. The van der Waals surface area contributed by atoms with Crippen molar-refractivity contribution in [3.05, 3.63) is 23.2 Å². The second kappa shape index (κ2) is 8.12. The highest BCUT2D eigenvalue weighted by Gasteiger charge is 2.08. The van der Waals surface area contributed by atoms with Crippen molar-refractivity contribution in [2.45, 2.75) is 39.7 Å². The molecule has 0 aliphatic rings. The van der Waals surface area contributed by atoms with E-state index in [-0.39, 0.29) is 12.0 Å². The number of hydrogen-bond acceptors (Lipinski definition) is 3. The van der Waals surface area contributed by atoms with Gasteiger partial charge in [0.1, 0.15) is 0 Å². The number of nitrogens with two attached hydrogens (primary N) is 1. The molecular formula is C15H23ClN2O2. The molecule has 1 amide bonds. The summed E-state index contributed by atoms with van der Waals surface area (Å²) in [6.07, 6.45) is 1.47. The van der Waals surface area contributed by atoms with Gasteiger partial charge in [-0.25, -0.2) is 0 Å². The lowest BCUT2D eigenvalue weighted by atomic mass is 10.1. The fraction of sp³-hybridized carbons (Fsp3) is 0.533. The van der Waals surface area contributed by atoms with Crippen molar-refractivity contribution in [3.63, 3.8) is 0 Å². The molecule has 4 nitrogen and oxygen atoms in total. The van der Waals surface area contributed by atoms with Crippen LogP contribution in [0.2, 0.25) is 5.02 Å². The van der Waals surface area contributed by atoms with Crippen molar-refractivity contribution >= 4 is 28.9 Å². The molecule has 3 N–H and O–H groups in total. The van der Waals surface area contributed by atoms with Crippen molar-refractivity contribution in [1.29, 1.82) is 0 Å². The van der Waals surface area contributed by atoms with Crippen LogP contribution in [-0.4, -0.2) is 18.6 Å². The summed E-state index contributed by atoms with van der Waals surface area (Å²) in [6.45, 7) is 6.73. The molecule has 0 saturated carbocycles. The molecule has 0 saturated heterocycles. The zero-order chi connectivity index (χ0) is 15.1. The minimum absolute atomic E-state index is 0.115. The van der Waals surface area contributed by atoms with Crippen LogP contribution in [0.4, 0.5) is 11.4 Å². The number of carbonyl (C=O) groups is 1. The van der Waals surface area contributed by atoms with Gasteiger partial charge in [-0.3, -0.25) is 4.79 Å². The molecule has 0 aliphatic heterocycles. The lowest BCUT2D eigenvalue weighted by Crippen LogP contribution is -2.18. The van der Waals surface area contributed by atoms with Crippen LogP contribution in [-0.2, 0) is 9.53 Å². The maximum atomic E-state index is 11.8. The fourth-order valence-corrected chi connectivity index (χ4v) is 2.13. The normalized spacial score (nSPS) is 12.4. The standard InChI is InChI=1S/C15H23ClN2O2/c1-10(2)8-11(3)20-7-6-15(19)18-14-5-4-12(16)9-13(14)17/h4-5,9-11H,6-8,17H2,1-3H3,(H,18,19). The summed E-state index contributed by atoms with van der Waals surface area (Å²) in [7, 11) is 0. The van der Waals surface area contributed by atoms with Gasteiger partial charge >= 0.3 is 0 Å². The smallest absolute Gasteiger partial charge is 0.226 e. The third-order valence-corrected chi connectivity index (χ3v) is 3.06. The molecule has 0 aromatic heterocycles. The second-order valence-electron chi connectivity index (χ2n) is 5.34. The minimum Gasteiger partial charge on any atom is -0.397 e. The van der Waals surface area contributed by atoms with Crippen LogP contribution in [0.15, 0.2) is 18.2 Å². The highest BCUT2D eigenvalue weighted by atomic mass is 35.5. The summed E-state index contributed by atoms with van der Waals surface area (Å²) in [5, 5.41) is 3.30. The van der Waals surface area contributed by atoms with Gasteiger partial charge in [-0.2, -0.15) is 0 Å². The molecule has 1 aromatic carbocycles. The lowest BCUT2D eigenvalue weighted by molar-refractivity contribution is -0.117. The molecule has 112 valence electrons. The summed E-state index contributed by atoms with van der Waals surface area (Å²) >= 11 is 5.80. The molecule has 5 heteroatoms. The molecule has 0 heterocycles. The molecule has 0 spiro atoms. The maximum absolute atomic E-state index is 11.8. The lowest BCUT2D eigenvalue weighted by Gasteiger charge is -2.15. The highest BCUT2D eigenvalue weighted by Crippen LogP contribution is 2.22. The van der Waals surface area contributed by atoms with Gasteiger partial charge in [-0.05, 0) is 37.5 Å². The Morgan fingerprint density at radius 3 is 2.70 bits per heavy atom. The number of hydrogen-bond donors (Lipinski definition) is 2. The van der Waals surface area contributed by atoms with Crippen LogP contribution in [0.25, 0.3) is 0 Å². The van der Waals surface area contributed by atoms with Crippen LogP contribution in [0.1, 0.15) is 33.6 Å². The van der Waals surface area contributed by atoms with E-state index in [4.69, 9.17) is 22.1 Å². The zero-order valence-electron chi connectivity index (χ0n) is 12.3. The average molecular weight is 299 g/mol. The van der Waals surface area contributed by atoms with E-state index in [9.17, 15) is 4.79 Å². The van der Waals surface area contributed by atoms with Crippen molar-refractivity contribution in [3.8, 4) is 0 Å². The number of carbonyl (C=O) groups excluding carboxylic acids is 1. The van der Waals surface area contributed by atoms with Crippen LogP contribution < -0.4 is 11.1 Å². The van der Waals surface area contributed by atoms with E-state index in [1.807, 2.05) is 6.92 Å². The number of rotatable bonds is 7. The molecular weight excluding hydrogens is 276 g/mol. The van der Waals surface area contributed by atoms with Crippen LogP contribution >= 0.6 is 11.6 Å². The summed E-state index contributed by atoms with van der Waals surface area (Å²) in [5.41, 5.74) is 6.81. The van der Waals surface area contributed by atoms with E-state index >= 15 is 0 Å². The van der Waals surface area contributed by atoms with Gasteiger partial charge in [0.2, 0.25) is 5.91 Å². The molecule has 1 atom stereocenters. The Kier molecular flexibility index (Phi) is 6.82. The first-order valence-corrected chi connectivity index (χ1v) is 7.22. The Bertz CT molecular complexity index is 449. The molecule has 0 bridgehead atoms. The second-order valence-corrected chi connectivity index (χ2v) is 5.78. The van der Waals surface area contributed by atoms with Gasteiger partial charge < -0.3 is 15.8 Å². The molecule has 0 radical (unpaired) electrons. The summed E-state index contributed by atoms with van der Waals surface area (Å²) < 4.78 is 5.60. The quantitative estimate of drug-likeness (QED) is 0.754. The largest absolute Gasteiger partial charge is 0.397 e. The Hall–Kier alpha value is -1.26. The van der Waals surface area contributed by atoms with Crippen LogP contribution in [0, 0.1) is 5.92 Å². The van der Waals surface area contributed by atoms with Crippen molar-refractivity contribution in [2.24, 2.45) is 5.92 Å². The van der Waals surface area contributed by atoms with Gasteiger partial charge in [0.05, 0.1) is 30.5 Å². The number of ether oxygens (including phenoxy) is 1. The Morgan fingerprint density at radius 1 is 1.40 bits per heavy atom. The highest BCUT2D eigenvalue weighted by molar-refractivity contribution is 6.31. The van der Waals surface area contributed by atoms with E-state index in [1.165, 1.54) is 0 Å². The Morgan fingerprint density at radius 2 is 2.10 bits per heavy atom. The number of nitrogen functional groups attached to an aromatic ring is 1. The van der Waals surface area contributed by atoms with E-state index in [2.05, 4.69) is 19.2 Å². The van der Waals surface area contributed by atoms with Crippen molar-refractivity contribution in [2.75, 3.05) is 17.7 Å². The predicted octanol–water partition coefficient (Wildman–Crippen LogP) is 3.70. The molecule has 1 rings (SSSR count). The summed E-state index contributed by atoms with van der Waals surface area (Å²) in [5.74, 6) is 0.475. The summed E-state index contributed by atoms with van der Waals surface area (Å²) in [6, 6.07) is 4.99. The topological polar surface area (TPSA) is 64.3 Å². The van der Waals surface area contributed by atoms with Gasteiger partial charge in [0.25, 0.3) is 0 Å². The van der Waals surface area contributed by atoms with E-state index in [0.717, 1.165) is 6.42 Å². The molecule has 1 aromatic rings. The number of anilines is 2. The third kappa shape index (κ3) is 6.26. The van der Waals surface area contributed by atoms with E-state index in [1.54, 1.807) is 18.2 Å². The number of amides is 1. The van der Waals surface area contributed by atoms with Gasteiger partial charge in [-0.1, -0.05) is 25.4 Å². The minimum atomic E-state index is -0.115. The Balaban J connectivity index is 2.33. The monoisotopic (exact) mass is 298 g/mol. The molecule has 0 aliphatic carbocycles.